The molecule has 1 amide bonds. The van der Waals surface area contributed by atoms with E-state index in [9.17, 15) is 18.0 Å². The smallest absolute Gasteiger partial charge is 0.351 e. The molecule has 1 saturated carbocycles. The molecule has 0 bridgehead atoms. The van der Waals surface area contributed by atoms with Gasteiger partial charge in [-0.15, -0.1) is 0 Å². The lowest BCUT2D eigenvalue weighted by Crippen LogP contribution is -2.44. The minimum absolute atomic E-state index is 0.0988. The summed E-state index contributed by atoms with van der Waals surface area (Å²) in [5, 5.41) is 6.51. The Kier molecular flexibility index (Phi) is 4.82. The monoisotopic (exact) mass is 317 g/mol. The fourth-order valence-corrected chi connectivity index (χ4v) is 2.96. The number of hydrogen-bond donors (Lipinski definition) is 1. The summed E-state index contributed by atoms with van der Waals surface area (Å²) in [4.78, 5) is 12.3. The number of aromatic nitrogens is 2. The standard InChI is InChI=1S/C15H22F3N3O/c1-9-6-4-5-7-12(9)19-14(22)11(3)21-10(2)8-13(20-21)15(16,17)18/h8-9,11-12H,4-7H2,1-3H3,(H,19,22)/t9-,11-,12+/m1/s1. The van der Waals surface area contributed by atoms with E-state index in [0.29, 0.717) is 11.6 Å². The largest absolute Gasteiger partial charge is 0.435 e. The molecule has 0 aromatic carbocycles. The van der Waals surface area contributed by atoms with Crippen molar-refractivity contribution in [1.82, 2.24) is 15.1 Å². The average molecular weight is 317 g/mol. The zero-order chi connectivity index (χ0) is 16.5. The fourth-order valence-electron chi connectivity index (χ4n) is 2.96. The molecule has 4 nitrogen and oxygen atoms in total. The molecule has 0 radical (unpaired) electrons. The van der Waals surface area contributed by atoms with Gasteiger partial charge in [0.05, 0.1) is 0 Å². The molecule has 124 valence electrons. The molecule has 0 saturated heterocycles. The molecule has 7 heteroatoms. The van der Waals surface area contributed by atoms with Crippen LogP contribution in [0.5, 0.6) is 0 Å². The highest BCUT2D eigenvalue weighted by atomic mass is 19.4. The number of aryl methyl sites for hydroxylation is 1. The van der Waals surface area contributed by atoms with Gasteiger partial charge in [-0.1, -0.05) is 19.8 Å². The second-order valence-electron chi connectivity index (χ2n) is 6.17. The van der Waals surface area contributed by atoms with Gasteiger partial charge in [0.1, 0.15) is 6.04 Å². The van der Waals surface area contributed by atoms with Gasteiger partial charge >= 0.3 is 6.18 Å². The second kappa shape index (κ2) is 6.30. The number of halogens is 3. The maximum absolute atomic E-state index is 12.7. The van der Waals surface area contributed by atoms with Crippen LogP contribution in [-0.4, -0.2) is 21.7 Å². The van der Waals surface area contributed by atoms with Crippen LogP contribution in [0.4, 0.5) is 13.2 Å². The molecule has 1 heterocycles. The number of amides is 1. The fraction of sp³-hybridized carbons (Fsp3) is 0.733. The summed E-state index contributed by atoms with van der Waals surface area (Å²) in [5.41, 5.74) is -0.637. The lowest BCUT2D eigenvalue weighted by atomic mass is 9.86. The van der Waals surface area contributed by atoms with Crippen molar-refractivity contribution in [2.75, 3.05) is 0 Å². The Labute approximate surface area is 128 Å². The summed E-state index contributed by atoms with van der Waals surface area (Å²) in [6, 6.07) is 0.305. The van der Waals surface area contributed by atoms with Crippen molar-refractivity contribution in [3.8, 4) is 0 Å². The summed E-state index contributed by atoms with van der Waals surface area (Å²) in [6.45, 7) is 5.19. The Morgan fingerprint density at radius 3 is 2.59 bits per heavy atom. The SMILES string of the molecule is Cc1cc(C(F)(F)F)nn1[C@H](C)C(=O)N[C@H]1CCCC[C@H]1C. The van der Waals surface area contributed by atoms with Gasteiger partial charge in [-0.3, -0.25) is 9.48 Å². The molecular weight excluding hydrogens is 295 g/mol. The summed E-state index contributed by atoms with van der Waals surface area (Å²) in [6.07, 6.45) is -0.271. The van der Waals surface area contributed by atoms with Gasteiger partial charge in [-0.05, 0) is 38.7 Å². The maximum atomic E-state index is 12.7. The number of rotatable bonds is 3. The third kappa shape index (κ3) is 3.62. The molecule has 1 fully saturated rings. The van der Waals surface area contributed by atoms with Crippen molar-refractivity contribution in [1.29, 1.82) is 0 Å². The summed E-state index contributed by atoms with van der Waals surface area (Å²) in [7, 11) is 0. The van der Waals surface area contributed by atoms with E-state index in [1.165, 1.54) is 6.92 Å². The zero-order valence-corrected chi connectivity index (χ0v) is 13.1. The molecule has 2 rings (SSSR count). The van der Waals surface area contributed by atoms with Crippen LogP contribution in [0, 0.1) is 12.8 Å². The first-order chi connectivity index (χ1) is 10.2. The molecule has 1 aliphatic carbocycles. The molecule has 0 unspecified atom stereocenters. The minimum atomic E-state index is -4.50. The van der Waals surface area contributed by atoms with Crippen molar-refractivity contribution in [2.24, 2.45) is 5.92 Å². The number of alkyl halides is 3. The predicted molar refractivity (Wildman–Crippen MR) is 76.2 cm³/mol. The van der Waals surface area contributed by atoms with Crippen LogP contribution in [0.25, 0.3) is 0 Å². The lowest BCUT2D eigenvalue weighted by molar-refractivity contribution is -0.142. The van der Waals surface area contributed by atoms with Crippen molar-refractivity contribution < 1.29 is 18.0 Å². The molecule has 1 N–H and O–H groups in total. The van der Waals surface area contributed by atoms with E-state index in [1.807, 2.05) is 0 Å². The first-order valence-corrected chi connectivity index (χ1v) is 7.64. The molecule has 1 aromatic heterocycles. The van der Waals surface area contributed by atoms with E-state index >= 15 is 0 Å². The topological polar surface area (TPSA) is 46.9 Å². The number of hydrogen-bond acceptors (Lipinski definition) is 2. The first kappa shape index (κ1) is 16.8. The van der Waals surface area contributed by atoms with Crippen molar-refractivity contribution in [3.63, 3.8) is 0 Å². The molecule has 0 spiro atoms. The van der Waals surface area contributed by atoms with Crippen molar-refractivity contribution >= 4 is 5.91 Å². The number of nitrogens with one attached hydrogen (secondary N) is 1. The predicted octanol–water partition coefficient (Wildman–Crippen LogP) is 3.47. The Bertz CT molecular complexity index is 539. The minimum Gasteiger partial charge on any atom is -0.351 e. The summed E-state index contributed by atoms with van der Waals surface area (Å²) < 4.78 is 39.2. The normalized spacial score (nSPS) is 24.1. The van der Waals surface area contributed by atoms with Gasteiger partial charge in [0.25, 0.3) is 0 Å². The van der Waals surface area contributed by atoms with Gasteiger partial charge in [-0.25, -0.2) is 0 Å². The Morgan fingerprint density at radius 1 is 1.41 bits per heavy atom. The second-order valence-corrected chi connectivity index (χ2v) is 6.17. The van der Waals surface area contributed by atoms with Gasteiger partial charge in [0.2, 0.25) is 5.91 Å². The van der Waals surface area contributed by atoms with E-state index in [0.717, 1.165) is 36.4 Å². The van der Waals surface area contributed by atoms with Crippen LogP contribution in [0.2, 0.25) is 0 Å². The third-order valence-corrected chi connectivity index (χ3v) is 4.40. The van der Waals surface area contributed by atoms with Crippen LogP contribution in [0.3, 0.4) is 0 Å². The van der Waals surface area contributed by atoms with E-state index in [1.54, 1.807) is 6.92 Å². The Hall–Kier alpha value is -1.53. The molecule has 3 atom stereocenters. The Balaban J connectivity index is 2.09. The summed E-state index contributed by atoms with van der Waals surface area (Å²) >= 11 is 0. The van der Waals surface area contributed by atoms with Crippen LogP contribution >= 0.6 is 0 Å². The van der Waals surface area contributed by atoms with Gasteiger partial charge in [0, 0.05) is 11.7 Å². The first-order valence-electron chi connectivity index (χ1n) is 7.64. The highest BCUT2D eigenvalue weighted by Crippen LogP contribution is 2.29. The lowest BCUT2D eigenvalue weighted by Gasteiger charge is -2.30. The molecule has 22 heavy (non-hydrogen) atoms. The average Bonchev–Trinajstić information content (AvgIpc) is 2.82. The molecule has 0 aliphatic heterocycles. The van der Waals surface area contributed by atoms with Crippen LogP contribution in [-0.2, 0) is 11.0 Å². The van der Waals surface area contributed by atoms with E-state index in [-0.39, 0.29) is 11.9 Å². The number of nitrogens with zero attached hydrogens (tertiary/aromatic N) is 2. The molecule has 1 aromatic rings. The van der Waals surface area contributed by atoms with E-state index in [2.05, 4.69) is 17.3 Å². The number of carbonyl (C=O) groups excluding carboxylic acids is 1. The van der Waals surface area contributed by atoms with Crippen molar-refractivity contribution in [3.05, 3.63) is 17.5 Å². The van der Waals surface area contributed by atoms with Crippen molar-refractivity contribution in [2.45, 2.75) is 64.7 Å². The Morgan fingerprint density at radius 2 is 2.05 bits per heavy atom. The zero-order valence-electron chi connectivity index (χ0n) is 13.1. The third-order valence-electron chi connectivity index (χ3n) is 4.40. The van der Waals surface area contributed by atoms with Gasteiger partial charge < -0.3 is 5.32 Å². The van der Waals surface area contributed by atoms with Gasteiger partial charge in [0.15, 0.2) is 5.69 Å². The highest BCUT2D eigenvalue weighted by Gasteiger charge is 2.35. The van der Waals surface area contributed by atoms with E-state index < -0.39 is 17.9 Å². The highest BCUT2D eigenvalue weighted by molar-refractivity contribution is 5.80. The quantitative estimate of drug-likeness (QED) is 0.928. The van der Waals surface area contributed by atoms with Crippen LogP contribution < -0.4 is 5.32 Å². The van der Waals surface area contributed by atoms with Crippen LogP contribution in [0.15, 0.2) is 6.07 Å². The van der Waals surface area contributed by atoms with Gasteiger partial charge in [-0.2, -0.15) is 18.3 Å². The maximum Gasteiger partial charge on any atom is 0.435 e. The van der Waals surface area contributed by atoms with Crippen LogP contribution in [0.1, 0.15) is 57.0 Å². The number of carbonyl (C=O) groups is 1. The van der Waals surface area contributed by atoms with E-state index in [4.69, 9.17) is 0 Å². The molecule has 1 aliphatic rings. The molecular formula is C15H22F3N3O. The summed E-state index contributed by atoms with van der Waals surface area (Å²) in [5.74, 6) is 0.119.